The van der Waals surface area contributed by atoms with E-state index in [0.717, 1.165) is 57.8 Å². The van der Waals surface area contributed by atoms with Crippen LogP contribution in [0, 0.1) is 0 Å². The predicted molar refractivity (Wildman–Crippen MR) is 252 cm³/mol. The number of rotatable bonds is 47. The number of hydrogen-bond acceptors (Lipinski definition) is 5. The zero-order valence-corrected chi connectivity index (χ0v) is 39.1. The molecule has 0 aromatic rings. The van der Waals surface area contributed by atoms with Gasteiger partial charge in [0, 0.05) is 19.4 Å². The zero-order valence-electron chi connectivity index (χ0n) is 39.1. The lowest BCUT2D eigenvalue weighted by Crippen LogP contribution is -2.30. The summed E-state index contributed by atoms with van der Waals surface area (Å²) in [5, 5.41) is 0. The Bertz CT molecular complexity index is 924. The van der Waals surface area contributed by atoms with Crippen LogP contribution in [-0.2, 0) is 23.8 Å². The molecule has 0 spiro atoms. The first-order valence-electron chi connectivity index (χ1n) is 25.5. The van der Waals surface area contributed by atoms with Crippen molar-refractivity contribution in [1.82, 2.24) is 0 Å². The van der Waals surface area contributed by atoms with E-state index in [0.29, 0.717) is 19.4 Å². The molecule has 0 aromatic carbocycles. The van der Waals surface area contributed by atoms with Gasteiger partial charge in [0.15, 0.2) is 6.10 Å². The normalized spacial score (nSPS) is 12.4. The molecule has 0 amide bonds. The van der Waals surface area contributed by atoms with Crippen molar-refractivity contribution in [2.75, 3.05) is 19.8 Å². The molecule has 0 aromatic heterocycles. The molecule has 0 radical (unpaired) electrons. The zero-order chi connectivity index (χ0) is 42.1. The molecule has 340 valence electrons. The fourth-order valence-electron chi connectivity index (χ4n) is 7.30. The lowest BCUT2D eigenvalue weighted by molar-refractivity contribution is -0.163. The molecular weight excluding hydrogens is 717 g/mol. The second-order valence-electron chi connectivity index (χ2n) is 17.1. The van der Waals surface area contributed by atoms with Gasteiger partial charge < -0.3 is 14.2 Å². The van der Waals surface area contributed by atoms with Crippen molar-refractivity contribution >= 4 is 11.9 Å². The Morgan fingerprint density at radius 2 is 0.724 bits per heavy atom. The number of esters is 2. The molecule has 0 rings (SSSR count). The largest absolute Gasteiger partial charge is 0.462 e. The van der Waals surface area contributed by atoms with Crippen molar-refractivity contribution < 1.29 is 23.8 Å². The molecule has 5 heteroatoms. The van der Waals surface area contributed by atoms with Gasteiger partial charge in [-0.05, 0) is 77.0 Å². The number of allylic oxidation sites excluding steroid dienone is 6. The quantitative estimate of drug-likeness (QED) is 0.0348. The third-order valence-electron chi connectivity index (χ3n) is 11.1. The molecular formula is C53H98O5. The first-order valence-corrected chi connectivity index (χ1v) is 25.5. The van der Waals surface area contributed by atoms with Gasteiger partial charge in [-0.15, -0.1) is 0 Å². The molecule has 0 N–H and O–H groups in total. The Morgan fingerprint density at radius 1 is 0.379 bits per heavy atom. The maximum Gasteiger partial charge on any atom is 0.306 e. The van der Waals surface area contributed by atoms with E-state index in [9.17, 15) is 9.59 Å². The Kier molecular flexibility index (Phi) is 47.9. The molecule has 1 atom stereocenters. The van der Waals surface area contributed by atoms with Crippen LogP contribution in [0.1, 0.15) is 265 Å². The Balaban J connectivity index is 4.25. The Morgan fingerprint density at radius 3 is 1.19 bits per heavy atom. The van der Waals surface area contributed by atoms with Crippen LogP contribution < -0.4 is 0 Å². The van der Waals surface area contributed by atoms with Crippen LogP contribution in [0.5, 0.6) is 0 Å². The highest BCUT2D eigenvalue weighted by molar-refractivity contribution is 5.70. The van der Waals surface area contributed by atoms with Crippen molar-refractivity contribution in [1.29, 1.82) is 0 Å². The van der Waals surface area contributed by atoms with Gasteiger partial charge in [-0.2, -0.15) is 0 Å². The average molecular weight is 815 g/mol. The minimum absolute atomic E-state index is 0.0799. The number of ether oxygens (including phenoxy) is 3. The summed E-state index contributed by atoms with van der Waals surface area (Å²) in [7, 11) is 0. The molecule has 0 heterocycles. The average Bonchev–Trinajstić information content (AvgIpc) is 3.22. The summed E-state index contributed by atoms with van der Waals surface area (Å²) in [6.07, 6.45) is 58.6. The van der Waals surface area contributed by atoms with E-state index in [1.54, 1.807) is 0 Å². The maximum absolute atomic E-state index is 12.7. The van der Waals surface area contributed by atoms with Gasteiger partial charge in [0.1, 0.15) is 6.61 Å². The third-order valence-corrected chi connectivity index (χ3v) is 11.1. The van der Waals surface area contributed by atoms with Gasteiger partial charge in [0.25, 0.3) is 0 Å². The van der Waals surface area contributed by atoms with Gasteiger partial charge in [0.05, 0.1) is 6.61 Å². The lowest BCUT2D eigenvalue weighted by Gasteiger charge is -2.18. The molecule has 0 aliphatic heterocycles. The predicted octanol–water partition coefficient (Wildman–Crippen LogP) is 17.0. The highest BCUT2D eigenvalue weighted by Crippen LogP contribution is 2.14. The minimum atomic E-state index is -0.539. The first kappa shape index (κ1) is 56.1. The van der Waals surface area contributed by atoms with E-state index < -0.39 is 6.10 Å². The van der Waals surface area contributed by atoms with E-state index in [4.69, 9.17) is 14.2 Å². The summed E-state index contributed by atoms with van der Waals surface area (Å²) >= 11 is 0. The van der Waals surface area contributed by atoms with Crippen LogP contribution in [0.4, 0.5) is 0 Å². The fraction of sp³-hybridized carbons (Fsp3) is 0.849. The molecule has 0 aliphatic rings. The number of hydrogen-bond donors (Lipinski definition) is 0. The summed E-state index contributed by atoms with van der Waals surface area (Å²) < 4.78 is 17.4. The SMILES string of the molecule is CCCCC/C=C\C/C=C\CCCCCCCC(=O)OCC(COCCCCCCCC/C=C\CCCCCCCC)OC(=O)CCCCCCCCCCCCC. The van der Waals surface area contributed by atoms with E-state index in [1.165, 1.54) is 173 Å². The summed E-state index contributed by atoms with van der Waals surface area (Å²) in [6, 6.07) is 0. The van der Waals surface area contributed by atoms with E-state index in [-0.39, 0.29) is 25.2 Å². The van der Waals surface area contributed by atoms with Crippen LogP contribution >= 0.6 is 0 Å². The van der Waals surface area contributed by atoms with Crippen molar-refractivity contribution in [3.8, 4) is 0 Å². The molecule has 58 heavy (non-hydrogen) atoms. The van der Waals surface area contributed by atoms with E-state index >= 15 is 0 Å². The topological polar surface area (TPSA) is 61.8 Å². The van der Waals surface area contributed by atoms with Crippen molar-refractivity contribution in [3.05, 3.63) is 36.5 Å². The van der Waals surface area contributed by atoms with Gasteiger partial charge in [-0.1, -0.05) is 211 Å². The molecule has 0 saturated heterocycles. The van der Waals surface area contributed by atoms with Crippen LogP contribution in [0.25, 0.3) is 0 Å². The van der Waals surface area contributed by atoms with Crippen molar-refractivity contribution in [2.45, 2.75) is 271 Å². The molecule has 0 saturated carbocycles. The first-order chi connectivity index (χ1) is 28.6. The van der Waals surface area contributed by atoms with Crippen LogP contribution in [0.2, 0.25) is 0 Å². The smallest absolute Gasteiger partial charge is 0.306 e. The van der Waals surface area contributed by atoms with Crippen LogP contribution in [-0.4, -0.2) is 37.9 Å². The summed E-state index contributed by atoms with van der Waals surface area (Å²) in [5.41, 5.74) is 0. The second kappa shape index (κ2) is 49.5. The van der Waals surface area contributed by atoms with Crippen molar-refractivity contribution in [3.63, 3.8) is 0 Å². The highest BCUT2D eigenvalue weighted by atomic mass is 16.6. The number of carbonyl (C=O) groups excluding carboxylic acids is 2. The monoisotopic (exact) mass is 815 g/mol. The van der Waals surface area contributed by atoms with Crippen LogP contribution in [0.3, 0.4) is 0 Å². The Hall–Kier alpha value is -1.88. The molecule has 0 aliphatic carbocycles. The second-order valence-corrected chi connectivity index (χ2v) is 17.1. The van der Waals surface area contributed by atoms with Gasteiger partial charge in [-0.3, -0.25) is 9.59 Å². The number of unbranched alkanes of at least 4 members (excludes halogenated alkanes) is 30. The molecule has 0 bridgehead atoms. The summed E-state index contributed by atoms with van der Waals surface area (Å²) in [4.78, 5) is 25.3. The van der Waals surface area contributed by atoms with Gasteiger partial charge >= 0.3 is 11.9 Å². The van der Waals surface area contributed by atoms with Crippen LogP contribution in [0.15, 0.2) is 36.5 Å². The third kappa shape index (κ3) is 46.8. The Labute approximate surface area is 361 Å². The van der Waals surface area contributed by atoms with Gasteiger partial charge in [0.2, 0.25) is 0 Å². The van der Waals surface area contributed by atoms with Gasteiger partial charge in [-0.25, -0.2) is 0 Å². The summed E-state index contributed by atoms with van der Waals surface area (Å²) in [6.45, 7) is 7.80. The molecule has 1 unspecified atom stereocenters. The molecule has 0 fully saturated rings. The van der Waals surface area contributed by atoms with Crippen molar-refractivity contribution in [2.24, 2.45) is 0 Å². The standard InChI is InChI=1S/C53H98O5/c1-4-7-10-13-16-19-22-24-26-28-30-33-36-39-42-45-48-56-49-51(58-53(55)47-44-41-38-35-31-21-18-15-12-9-6-3)50-57-52(54)46-43-40-37-34-32-29-27-25-23-20-17-14-11-8-5-2/h17,20,24-27,51H,4-16,18-19,21-23,28-50H2,1-3H3/b20-17-,26-24-,27-25-. The molecule has 5 nitrogen and oxygen atoms in total. The maximum atomic E-state index is 12.7. The number of carbonyl (C=O) groups is 2. The fourth-order valence-corrected chi connectivity index (χ4v) is 7.30. The van der Waals surface area contributed by atoms with E-state index in [2.05, 4.69) is 57.2 Å². The van der Waals surface area contributed by atoms with E-state index in [1.807, 2.05) is 0 Å². The highest BCUT2D eigenvalue weighted by Gasteiger charge is 2.17. The minimum Gasteiger partial charge on any atom is -0.462 e. The summed E-state index contributed by atoms with van der Waals surface area (Å²) in [5.74, 6) is -0.406. The lowest BCUT2D eigenvalue weighted by atomic mass is 10.1.